The van der Waals surface area contributed by atoms with Crippen molar-refractivity contribution in [3.8, 4) is 0 Å². The summed E-state index contributed by atoms with van der Waals surface area (Å²) in [7, 11) is 0. The molecule has 0 aromatic heterocycles. The molecule has 0 unspecified atom stereocenters. The molecular weight excluding hydrogens is 344 g/mol. The van der Waals surface area contributed by atoms with Gasteiger partial charge in [0.2, 0.25) is 0 Å². The molecule has 1 saturated carbocycles. The quantitative estimate of drug-likeness (QED) is 0.786. The number of amides is 1. The fourth-order valence-corrected chi connectivity index (χ4v) is 4.22. The maximum Gasteiger partial charge on any atom is 0.339 e. The molecule has 0 spiro atoms. The van der Waals surface area contributed by atoms with Gasteiger partial charge in [0.1, 0.15) is 4.38 Å². The zero-order valence-electron chi connectivity index (χ0n) is 13.5. The first-order valence-electron chi connectivity index (χ1n) is 8.03. The molecule has 1 atom stereocenters. The van der Waals surface area contributed by atoms with E-state index in [1.165, 1.54) is 0 Å². The van der Waals surface area contributed by atoms with E-state index in [-0.39, 0.29) is 11.9 Å². The highest BCUT2D eigenvalue weighted by molar-refractivity contribution is 8.38. The summed E-state index contributed by atoms with van der Waals surface area (Å²) in [5.74, 6) is 1.01. The Balaban J connectivity index is 1.59. The lowest BCUT2D eigenvalue weighted by molar-refractivity contribution is -0.129. The molecule has 3 rings (SSSR count). The number of aliphatic imine (C=N–C) groups is 1. The number of esters is 1. The van der Waals surface area contributed by atoms with E-state index in [0.717, 1.165) is 35.1 Å². The molecule has 128 valence electrons. The fraction of sp³-hybridized carbons (Fsp3) is 0.471. The highest BCUT2D eigenvalue weighted by Crippen LogP contribution is 2.27. The Bertz CT molecular complexity index is 659. The predicted molar refractivity (Wildman–Crippen MR) is 98.5 cm³/mol. The van der Waals surface area contributed by atoms with Crippen LogP contribution in [0.3, 0.4) is 0 Å². The minimum Gasteiger partial charge on any atom is -0.449 e. The van der Waals surface area contributed by atoms with Crippen LogP contribution >= 0.6 is 23.5 Å². The molecule has 1 aliphatic heterocycles. The molecule has 1 heterocycles. The Morgan fingerprint density at radius 3 is 2.92 bits per heavy atom. The van der Waals surface area contributed by atoms with E-state index in [2.05, 4.69) is 10.3 Å². The van der Waals surface area contributed by atoms with Gasteiger partial charge in [0.25, 0.3) is 5.91 Å². The summed E-state index contributed by atoms with van der Waals surface area (Å²) < 4.78 is 6.41. The van der Waals surface area contributed by atoms with Crippen molar-refractivity contribution in [3.05, 3.63) is 35.4 Å². The Kier molecular flexibility index (Phi) is 5.84. The first-order chi connectivity index (χ1) is 11.6. The van der Waals surface area contributed by atoms with Crippen LogP contribution < -0.4 is 5.32 Å². The smallest absolute Gasteiger partial charge is 0.339 e. The number of thioether (sulfide) groups is 2. The summed E-state index contributed by atoms with van der Waals surface area (Å²) in [5.41, 5.74) is 1.41. The van der Waals surface area contributed by atoms with Gasteiger partial charge >= 0.3 is 5.97 Å². The van der Waals surface area contributed by atoms with Crippen molar-refractivity contribution in [3.63, 3.8) is 0 Å². The van der Waals surface area contributed by atoms with Gasteiger partial charge in [0.15, 0.2) is 6.10 Å². The van der Waals surface area contributed by atoms with Crippen LogP contribution in [0.2, 0.25) is 0 Å². The first-order valence-corrected chi connectivity index (χ1v) is 10.00. The second-order valence-corrected chi connectivity index (χ2v) is 8.08. The second-order valence-electron chi connectivity index (χ2n) is 5.77. The molecule has 0 bridgehead atoms. The van der Waals surface area contributed by atoms with Gasteiger partial charge in [-0.2, -0.15) is 0 Å². The SMILES string of the molecule is C[C@@H](OC(=O)c1ccccc1CSC1=NCCS1)C(=O)NC1CC1. The molecule has 0 saturated heterocycles. The second kappa shape index (κ2) is 8.07. The van der Waals surface area contributed by atoms with Crippen LogP contribution in [0.5, 0.6) is 0 Å². The third kappa shape index (κ3) is 4.77. The third-order valence-corrected chi connectivity index (χ3v) is 6.02. The molecule has 1 aliphatic carbocycles. The van der Waals surface area contributed by atoms with Crippen LogP contribution in [0.15, 0.2) is 29.3 Å². The van der Waals surface area contributed by atoms with Crippen LogP contribution in [0, 0.1) is 0 Å². The number of carbonyl (C=O) groups excluding carboxylic acids is 2. The highest BCUT2D eigenvalue weighted by atomic mass is 32.2. The van der Waals surface area contributed by atoms with E-state index < -0.39 is 12.1 Å². The average molecular weight is 364 g/mol. The molecule has 0 radical (unpaired) electrons. The Morgan fingerprint density at radius 2 is 2.21 bits per heavy atom. The first kappa shape index (κ1) is 17.4. The molecule has 5 nitrogen and oxygen atoms in total. The van der Waals surface area contributed by atoms with Gasteiger partial charge in [0, 0.05) is 17.5 Å². The summed E-state index contributed by atoms with van der Waals surface area (Å²) >= 11 is 3.38. The molecule has 1 fully saturated rings. The third-order valence-electron chi connectivity index (χ3n) is 3.72. The van der Waals surface area contributed by atoms with Crippen molar-refractivity contribution in [2.45, 2.75) is 37.7 Å². The van der Waals surface area contributed by atoms with Crippen LogP contribution in [0.4, 0.5) is 0 Å². The van der Waals surface area contributed by atoms with E-state index in [0.29, 0.717) is 11.3 Å². The minimum absolute atomic E-state index is 0.227. The monoisotopic (exact) mass is 364 g/mol. The topological polar surface area (TPSA) is 67.8 Å². The predicted octanol–water partition coefficient (Wildman–Crippen LogP) is 2.85. The Labute approximate surface area is 150 Å². The van der Waals surface area contributed by atoms with Gasteiger partial charge in [0.05, 0.1) is 12.1 Å². The molecule has 24 heavy (non-hydrogen) atoms. The fourth-order valence-electron chi connectivity index (χ4n) is 2.21. The Hall–Kier alpha value is -1.47. The minimum atomic E-state index is -0.784. The molecule has 1 N–H and O–H groups in total. The number of carbonyl (C=O) groups is 2. The van der Waals surface area contributed by atoms with Crippen molar-refractivity contribution in [2.75, 3.05) is 12.3 Å². The Morgan fingerprint density at radius 1 is 1.42 bits per heavy atom. The van der Waals surface area contributed by atoms with E-state index in [1.807, 2.05) is 18.2 Å². The molecule has 7 heteroatoms. The van der Waals surface area contributed by atoms with E-state index >= 15 is 0 Å². The van der Waals surface area contributed by atoms with Crippen LogP contribution in [-0.2, 0) is 15.3 Å². The summed E-state index contributed by atoms with van der Waals surface area (Å²) in [5, 5.41) is 2.85. The zero-order chi connectivity index (χ0) is 16.9. The summed E-state index contributed by atoms with van der Waals surface area (Å²) in [4.78, 5) is 28.8. The zero-order valence-corrected chi connectivity index (χ0v) is 15.1. The number of rotatable bonds is 6. The average Bonchev–Trinajstić information content (AvgIpc) is 3.24. The number of nitrogens with one attached hydrogen (secondary N) is 1. The summed E-state index contributed by atoms with van der Waals surface area (Å²) in [6.45, 7) is 2.47. The molecular formula is C17H20N2O3S2. The van der Waals surface area contributed by atoms with Crippen molar-refractivity contribution in [1.29, 1.82) is 0 Å². The van der Waals surface area contributed by atoms with Crippen LogP contribution in [0.25, 0.3) is 0 Å². The van der Waals surface area contributed by atoms with E-state index in [1.54, 1.807) is 36.5 Å². The molecule has 1 aromatic carbocycles. The molecule has 1 aromatic rings. The highest BCUT2D eigenvalue weighted by Gasteiger charge is 2.27. The summed E-state index contributed by atoms with van der Waals surface area (Å²) in [6.07, 6.45) is 1.23. The largest absolute Gasteiger partial charge is 0.449 e. The van der Waals surface area contributed by atoms with Gasteiger partial charge in [-0.1, -0.05) is 41.7 Å². The van der Waals surface area contributed by atoms with E-state index in [4.69, 9.17) is 4.74 Å². The number of ether oxygens (including phenoxy) is 1. The van der Waals surface area contributed by atoms with Crippen LogP contribution in [-0.4, -0.2) is 40.7 Å². The van der Waals surface area contributed by atoms with Crippen molar-refractivity contribution in [1.82, 2.24) is 5.32 Å². The number of nitrogens with zero attached hydrogens (tertiary/aromatic N) is 1. The normalized spacial score (nSPS) is 18.0. The number of hydrogen-bond acceptors (Lipinski definition) is 6. The van der Waals surface area contributed by atoms with E-state index in [9.17, 15) is 9.59 Å². The molecule has 2 aliphatic rings. The summed E-state index contributed by atoms with van der Waals surface area (Å²) in [6, 6.07) is 7.62. The van der Waals surface area contributed by atoms with Crippen LogP contribution in [0.1, 0.15) is 35.7 Å². The lowest BCUT2D eigenvalue weighted by Crippen LogP contribution is -2.37. The maximum absolute atomic E-state index is 12.4. The number of hydrogen-bond donors (Lipinski definition) is 1. The van der Waals surface area contributed by atoms with Gasteiger partial charge < -0.3 is 10.1 Å². The van der Waals surface area contributed by atoms with Gasteiger partial charge in [-0.05, 0) is 31.4 Å². The maximum atomic E-state index is 12.4. The molecule has 1 amide bonds. The van der Waals surface area contributed by atoms with Gasteiger partial charge in [-0.25, -0.2) is 4.79 Å². The van der Waals surface area contributed by atoms with Gasteiger partial charge in [-0.3, -0.25) is 9.79 Å². The van der Waals surface area contributed by atoms with Crippen molar-refractivity contribution < 1.29 is 14.3 Å². The van der Waals surface area contributed by atoms with Gasteiger partial charge in [-0.15, -0.1) is 0 Å². The number of benzene rings is 1. The van der Waals surface area contributed by atoms with Crippen molar-refractivity contribution >= 4 is 39.8 Å². The lowest BCUT2D eigenvalue weighted by atomic mass is 10.1. The lowest BCUT2D eigenvalue weighted by Gasteiger charge is -2.14. The van der Waals surface area contributed by atoms with Crippen molar-refractivity contribution in [2.24, 2.45) is 4.99 Å². The standard InChI is InChI=1S/C17H20N2O3S2/c1-11(15(20)19-13-6-7-13)22-16(21)14-5-3-2-4-12(14)10-24-17-18-8-9-23-17/h2-5,11,13H,6-10H2,1H3,(H,19,20)/t11-/m1/s1.